The molecule has 0 aromatic heterocycles. The first kappa shape index (κ1) is 23.1. The summed E-state index contributed by atoms with van der Waals surface area (Å²) < 4.78 is 28.7. The molecule has 0 spiro atoms. The molecule has 10 heteroatoms. The molecule has 170 valence electrons. The molecule has 0 saturated carbocycles. The molecule has 1 N–H and O–H groups in total. The van der Waals surface area contributed by atoms with Crippen LogP contribution in [0.2, 0.25) is 0 Å². The molecule has 3 amide bonds. The number of benzene rings is 1. The van der Waals surface area contributed by atoms with Crippen molar-refractivity contribution >= 4 is 33.4 Å². The number of likely N-dealkylation sites (tertiary alicyclic amines) is 1. The monoisotopic (exact) mass is 451 g/mol. The van der Waals surface area contributed by atoms with Gasteiger partial charge in [-0.25, -0.2) is 13.2 Å². The van der Waals surface area contributed by atoms with Crippen molar-refractivity contribution < 1.29 is 27.5 Å². The standard InChI is InChI=1S/C21H29N3O6S/c1-15(19(25)23(2)18-10-12-31(28,29)14-18)30-20(26)16-7-6-11-24(13-16)21(27)22-17-8-4-3-5-9-17/h3-5,8-9,15-16,18H,6-7,10-14H2,1-2H3,(H,22,27)/t15-,16-,18+/m0/s1. The maximum atomic E-state index is 12.6. The molecule has 2 fully saturated rings. The van der Waals surface area contributed by atoms with Crippen LogP contribution in [0.4, 0.5) is 10.5 Å². The van der Waals surface area contributed by atoms with Crippen molar-refractivity contribution in [1.29, 1.82) is 0 Å². The fourth-order valence-corrected chi connectivity index (χ4v) is 5.72. The number of rotatable bonds is 5. The predicted octanol–water partition coefficient (Wildman–Crippen LogP) is 1.51. The first-order valence-corrected chi connectivity index (χ1v) is 12.3. The highest BCUT2D eigenvalue weighted by atomic mass is 32.2. The van der Waals surface area contributed by atoms with Gasteiger partial charge < -0.3 is 19.9 Å². The molecule has 2 saturated heterocycles. The van der Waals surface area contributed by atoms with Gasteiger partial charge in [-0.15, -0.1) is 0 Å². The number of likely N-dealkylation sites (N-methyl/N-ethyl adjacent to an activating group) is 1. The van der Waals surface area contributed by atoms with Gasteiger partial charge in [0.2, 0.25) is 0 Å². The van der Waals surface area contributed by atoms with Crippen molar-refractivity contribution in [3.05, 3.63) is 30.3 Å². The molecule has 9 nitrogen and oxygen atoms in total. The van der Waals surface area contributed by atoms with Gasteiger partial charge in [0, 0.05) is 31.9 Å². The van der Waals surface area contributed by atoms with Gasteiger partial charge in [0.1, 0.15) is 0 Å². The minimum absolute atomic E-state index is 0.0619. The zero-order chi connectivity index (χ0) is 22.6. The summed E-state index contributed by atoms with van der Waals surface area (Å²) in [6.07, 6.45) is 0.601. The Kier molecular flexibility index (Phi) is 7.19. The van der Waals surface area contributed by atoms with E-state index < -0.39 is 39.8 Å². The van der Waals surface area contributed by atoms with Crippen LogP contribution in [0.3, 0.4) is 0 Å². The van der Waals surface area contributed by atoms with E-state index >= 15 is 0 Å². The second-order valence-corrected chi connectivity index (χ2v) is 10.4. The number of piperidine rings is 1. The molecule has 3 rings (SSSR count). The van der Waals surface area contributed by atoms with E-state index in [0.29, 0.717) is 31.5 Å². The number of anilines is 1. The molecule has 3 atom stereocenters. The van der Waals surface area contributed by atoms with Gasteiger partial charge in [-0.3, -0.25) is 9.59 Å². The third kappa shape index (κ3) is 5.96. The number of carbonyl (C=O) groups excluding carboxylic acids is 3. The van der Waals surface area contributed by atoms with Crippen LogP contribution >= 0.6 is 0 Å². The van der Waals surface area contributed by atoms with Gasteiger partial charge in [0.05, 0.1) is 17.4 Å². The van der Waals surface area contributed by atoms with E-state index in [4.69, 9.17) is 4.74 Å². The van der Waals surface area contributed by atoms with Crippen LogP contribution in [-0.4, -0.2) is 79.9 Å². The van der Waals surface area contributed by atoms with Crippen molar-refractivity contribution in [2.24, 2.45) is 5.92 Å². The molecule has 0 unspecified atom stereocenters. The van der Waals surface area contributed by atoms with E-state index in [-0.39, 0.29) is 24.1 Å². The summed E-state index contributed by atoms with van der Waals surface area (Å²) in [6.45, 7) is 2.24. The molecule has 2 aliphatic rings. The molecular weight excluding hydrogens is 422 g/mol. The van der Waals surface area contributed by atoms with Crippen LogP contribution in [0.1, 0.15) is 26.2 Å². The number of urea groups is 1. The average molecular weight is 452 g/mol. The summed E-state index contributed by atoms with van der Waals surface area (Å²) in [4.78, 5) is 40.7. The number of ether oxygens (including phenoxy) is 1. The quantitative estimate of drug-likeness (QED) is 0.679. The lowest BCUT2D eigenvalue weighted by atomic mass is 9.98. The van der Waals surface area contributed by atoms with E-state index in [1.807, 2.05) is 18.2 Å². The topological polar surface area (TPSA) is 113 Å². The van der Waals surface area contributed by atoms with Crippen LogP contribution in [0.5, 0.6) is 0 Å². The number of sulfone groups is 1. The lowest BCUT2D eigenvalue weighted by Crippen LogP contribution is -2.47. The summed E-state index contributed by atoms with van der Waals surface area (Å²) in [5.41, 5.74) is 0.674. The number of nitrogens with one attached hydrogen (secondary N) is 1. The van der Waals surface area contributed by atoms with Crippen LogP contribution in [0.15, 0.2) is 30.3 Å². The van der Waals surface area contributed by atoms with E-state index in [1.165, 1.54) is 18.9 Å². The van der Waals surface area contributed by atoms with Crippen molar-refractivity contribution in [3.63, 3.8) is 0 Å². The predicted molar refractivity (Wildman–Crippen MR) is 115 cm³/mol. The van der Waals surface area contributed by atoms with Crippen molar-refractivity contribution in [2.45, 2.75) is 38.3 Å². The average Bonchev–Trinajstić information content (AvgIpc) is 3.13. The van der Waals surface area contributed by atoms with E-state index in [0.717, 1.165) is 0 Å². The largest absolute Gasteiger partial charge is 0.452 e. The van der Waals surface area contributed by atoms with Crippen LogP contribution in [0, 0.1) is 5.92 Å². The lowest BCUT2D eigenvalue weighted by molar-refractivity contribution is -0.163. The Balaban J connectivity index is 1.52. The number of nitrogens with zero attached hydrogens (tertiary/aromatic N) is 2. The Bertz CT molecular complexity index is 920. The van der Waals surface area contributed by atoms with E-state index in [1.54, 1.807) is 17.0 Å². The van der Waals surface area contributed by atoms with Crippen LogP contribution < -0.4 is 5.32 Å². The Hall–Kier alpha value is -2.62. The second-order valence-electron chi connectivity index (χ2n) is 8.17. The van der Waals surface area contributed by atoms with E-state index in [9.17, 15) is 22.8 Å². The fourth-order valence-electron chi connectivity index (χ4n) is 3.95. The summed E-state index contributed by atoms with van der Waals surface area (Å²) in [7, 11) is -1.59. The summed E-state index contributed by atoms with van der Waals surface area (Å²) in [5, 5.41) is 2.81. The highest BCUT2D eigenvalue weighted by molar-refractivity contribution is 7.91. The van der Waals surface area contributed by atoms with E-state index in [2.05, 4.69) is 5.32 Å². The van der Waals surface area contributed by atoms with Crippen molar-refractivity contribution in [2.75, 3.05) is 37.0 Å². The van der Waals surface area contributed by atoms with Crippen molar-refractivity contribution in [3.8, 4) is 0 Å². The number of esters is 1. The summed E-state index contributed by atoms with van der Waals surface area (Å²) in [6, 6.07) is 8.39. The molecule has 1 aromatic rings. The smallest absolute Gasteiger partial charge is 0.321 e. The minimum atomic E-state index is -3.12. The van der Waals surface area contributed by atoms with Gasteiger partial charge in [0.25, 0.3) is 5.91 Å². The van der Waals surface area contributed by atoms with Crippen LogP contribution in [0.25, 0.3) is 0 Å². The van der Waals surface area contributed by atoms with Crippen molar-refractivity contribution in [1.82, 2.24) is 9.80 Å². The Morgan fingerprint density at radius 2 is 1.90 bits per heavy atom. The fraction of sp³-hybridized carbons (Fsp3) is 0.571. The number of hydrogen-bond donors (Lipinski definition) is 1. The number of hydrogen-bond acceptors (Lipinski definition) is 6. The summed E-state index contributed by atoms with van der Waals surface area (Å²) in [5.74, 6) is -1.46. The Morgan fingerprint density at radius 3 is 2.55 bits per heavy atom. The first-order valence-electron chi connectivity index (χ1n) is 10.4. The Morgan fingerprint density at radius 1 is 1.19 bits per heavy atom. The first-order chi connectivity index (χ1) is 14.7. The van der Waals surface area contributed by atoms with Gasteiger partial charge in [-0.2, -0.15) is 0 Å². The van der Waals surface area contributed by atoms with Gasteiger partial charge in [-0.1, -0.05) is 18.2 Å². The second kappa shape index (κ2) is 9.67. The number of carbonyl (C=O) groups is 3. The maximum absolute atomic E-state index is 12.6. The van der Waals surface area contributed by atoms with Crippen LogP contribution in [-0.2, 0) is 24.2 Å². The molecule has 31 heavy (non-hydrogen) atoms. The highest BCUT2D eigenvalue weighted by Crippen LogP contribution is 2.21. The highest BCUT2D eigenvalue weighted by Gasteiger charge is 2.36. The lowest BCUT2D eigenvalue weighted by Gasteiger charge is -2.32. The van der Waals surface area contributed by atoms with Gasteiger partial charge in [0.15, 0.2) is 15.9 Å². The third-order valence-corrected chi connectivity index (χ3v) is 7.56. The third-order valence-electron chi connectivity index (χ3n) is 5.81. The van der Waals surface area contributed by atoms with Gasteiger partial charge >= 0.3 is 12.0 Å². The zero-order valence-corrected chi connectivity index (χ0v) is 18.6. The van der Waals surface area contributed by atoms with Gasteiger partial charge in [-0.05, 0) is 38.3 Å². The molecular formula is C21H29N3O6S. The number of para-hydroxylation sites is 1. The maximum Gasteiger partial charge on any atom is 0.321 e. The molecule has 1 aromatic carbocycles. The molecule has 0 aliphatic carbocycles. The summed E-state index contributed by atoms with van der Waals surface area (Å²) >= 11 is 0. The number of amides is 3. The molecule has 0 bridgehead atoms. The molecule has 2 aliphatic heterocycles. The minimum Gasteiger partial charge on any atom is -0.452 e. The Labute approximate surface area is 182 Å². The normalized spacial score (nSPS) is 23.6. The SMILES string of the molecule is C[C@H](OC(=O)[C@H]1CCCN(C(=O)Nc2ccccc2)C1)C(=O)N(C)[C@@H]1CCS(=O)(=O)C1. The molecule has 0 radical (unpaired) electrons. The zero-order valence-electron chi connectivity index (χ0n) is 17.8. The molecule has 2 heterocycles.